The van der Waals surface area contributed by atoms with Crippen molar-refractivity contribution in [1.82, 2.24) is 4.98 Å². The van der Waals surface area contributed by atoms with E-state index in [1.807, 2.05) is 43.3 Å². The first kappa shape index (κ1) is 13.6. The van der Waals surface area contributed by atoms with Gasteiger partial charge in [-0.05, 0) is 41.0 Å². The summed E-state index contributed by atoms with van der Waals surface area (Å²) in [6.07, 6.45) is 0.807. The fraction of sp³-hybridized carbons (Fsp3) is 0.167. The molecule has 3 nitrogen and oxygen atoms in total. The van der Waals surface area contributed by atoms with Gasteiger partial charge < -0.3 is 9.84 Å². The molecule has 0 saturated carbocycles. The smallest absolute Gasteiger partial charge is 0.219 e. The maximum Gasteiger partial charge on any atom is 0.219 e. The first-order valence-electron chi connectivity index (χ1n) is 7.06. The molecule has 0 bridgehead atoms. The number of aliphatic hydroxyl groups excluding tert-OH is 1. The number of hydrogen-bond donors (Lipinski definition) is 1. The molecule has 1 N–H and O–H groups in total. The number of hydrogen-bond acceptors (Lipinski definition) is 3. The quantitative estimate of drug-likeness (QED) is 0.782. The number of nitrogens with zero attached hydrogens (tertiary/aromatic N) is 1. The van der Waals surface area contributed by atoms with E-state index in [2.05, 4.69) is 17.1 Å². The zero-order valence-corrected chi connectivity index (χ0v) is 11.9. The molecule has 2 aromatic carbocycles. The second-order valence-corrected chi connectivity index (χ2v) is 4.93. The summed E-state index contributed by atoms with van der Waals surface area (Å²) < 4.78 is 5.85. The zero-order chi connectivity index (χ0) is 14.7. The number of aromatic nitrogens is 1. The Labute approximate surface area is 123 Å². The molecule has 0 unspecified atom stereocenters. The molecule has 0 aliphatic heterocycles. The lowest BCUT2D eigenvalue weighted by molar-refractivity contribution is 0.281. The van der Waals surface area contributed by atoms with Crippen molar-refractivity contribution >= 4 is 10.8 Å². The highest BCUT2D eigenvalue weighted by molar-refractivity contribution is 5.83. The Hall–Kier alpha value is -2.39. The monoisotopic (exact) mass is 279 g/mol. The van der Waals surface area contributed by atoms with Gasteiger partial charge in [0, 0.05) is 11.8 Å². The van der Waals surface area contributed by atoms with Crippen LogP contribution in [0.1, 0.15) is 18.2 Å². The topological polar surface area (TPSA) is 42.4 Å². The minimum absolute atomic E-state index is 0.0103. The van der Waals surface area contributed by atoms with Crippen LogP contribution >= 0.6 is 0 Å². The average Bonchev–Trinajstić information content (AvgIpc) is 2.54. The number of ether oxygens (including phenoxy) is 1. The standard InChI is InChI=1S/C18H17NO2/c1-2-16-9-13(12-20)10-18(19-16)21-17-8-7-14-5-3-4-6-15(14)11-17/h3-11,20H,2,12H2,1H3. The van der Waals surface area contributed by atoms with Crippen LogP contribution in [0.15, 0.2) is 54.6 Å². The molecule has 21 heavy (non-hydrogen) atoms. The summed E-state index contributed by atoms with van der Waals surface area (Å²) in [5, 5.41) is 11.6. The van der Waals surface area contributed by atoms with Crippen molar-refractivity contribution in [3.05, 3.63) is 65.9 Å². The molecule has 0 aliphatic carbocycles. The Bertz CT molecular complexity index is 746. The minimum Gasteiger partial charge on any atom is -0.439 e. The molecule has 0 atom stereocenters. The largest absolute Gasteiger partial charge is 0.439 e. The van der Waals surface area contributed by atoms with Crippen molar-refractivity contribution in [2.24, 2.45) is 0 Å². The highest BCUT2D eigenvalue weighted by atomic mass is 16.5. The highest BCUT2D eigenvalue weighted by Crippen LogP contribution is 2.25. The van der Waals surface area contributed by atoms with E-state index in [4.69, 9.17) is 4.74 Å². The predicted molar refractivity (Wildman–Crippen MR) is 83.6 cm³/mol. The van der Waals surface area contributed by atoms with Gasteiger partial charge in [0.15, 0.2) is 0 Å². The Kier molecular flexibility index (Phi) is 3.84. The van der Waals surface area contributed by atoms with E-state index in [1.165, 1.54) is 5.39 Å². The molecule has 0 amide bonds. The normalized spacial score (nSPS) is 10.8. The van der Waals surface area contributed by atoms with Crippen molar-refractivity contribution in [3.63, 3.8) is 0 Å². The van der Waals surface area contributed by atoms with Gasteiger partial charge in [-0.3, -0.25) is 0 Å². The van der Waals surface area contributed by atoms with Gasteiger partial charge in [0.2, 0.25) is 5.88 Å². The Morgan fingerprint density at radius 3 is 2.57 bits per heavy atom. The van der Waals surface area contributed by atoms with Gasteiger partial charge in [-0.25, -0.2) is 4.98 Å². The molecule has 1 heterocycles. The third-order valence-corrected chi connectivity index (χ3v) is 3.40. The lowest BCUT2D eigenvalue weighted by Gasteiger charge is -2.09. The van der Waals surface area contributed by atoms with Crippen molar-refractivity contribution < 1.29 is 9.84 Å². The molecule has 106 valence electrons. The summed E-state index contributed by atoms with van der Waals surface area (Å²) in [6, 6.07) is 17.8. The fourth-order valence-electron chi connectivity index (χ4n) is 2.30. The number of benzene rings is 2. The molecule has 0 radical (unpaired) electrons. The van der Waals surface area contributed by atoms with Gasteiger partial charge in [0.05, 0.1) is 6.61 Å². The van der Waals surface area contributed by atoms with Crippen LogP contribution in [0.5, 0.6) is 11.6 Å². The molecule has 1 aromatic heterocycles. The SMILES string of the molecule is CCc1cc(CO)cc(Oc2ccc3ccccc3c2)n1. The van der Waals surface area contributed by atoms with Gasteiger partial charge >= 0.3 is 0 Å². The Balaban J connectivity index is 1.94. The highest BCUT2D eigenvalue weighted by Gasteiger charge is 2.04. The van der Waals surface area contributed by atoms with E-state index in [9.17, 15) is 5.11 Å². The van der Waals surface area contributed by atoms with Crippen LogP contribution < -0.4 is 4.74 Å². The maximum absolute atomic E-state index is 9.31. The van der Waals surface area contributed by atoms with E-state index in [1.54, 1.807) is 6.07 Å². The van der Waals surface area contributed by atoms with Crippen LogP contribution in [0.4, 0.5) is 0 Å². The molecule has 3 aromatic rings. The van der Waals surface area contributed by atoms with Crippen molar-refractivity contribution in [2.45, 2.75) is 20.0 Å². The summed E-state index contributed by atoms with van der Waals surface area (Å²) in [5.41, 5.74) is 1.73. The molecule has 0 saturated heterocycles. The molecule has 0 spiro atoms. The van der Waals surface area contributed by atoms with Crippen molar-refractivity contribution in [1.29, 1.82) is 0 Å². The first-order chi connectivity index (χ1) is 10.3. The summed E-state index contributed by atoms with van der Waals surface area (Å²) >= 11 is 0. The summed E-state index contributed by atoms with van der Waals surface area (Å²) in [5.74, 6) is 1.27. The van der Waals surface area contributed by atoms with Crippen LogP contribution in [-0.4, -0.2) is 10.1 Å². The number of fused-ring (bicyclic) bond motifs is 1. The van der Waals surface area contributed by atoms with Gasteiger partial charge in [0.25, 0.3) is 0 Å². The van der Waals surface area contributed by atoms with Crippen molar-refractivity contribution in [3.8, 4) is 11.6 Å². The van der Waals surface area contributed by atoms with Gasteiger partial charge in [0.1, 0.15) is 5.75 Å². The lowest BCUT2D eigenvalue weighted by atomic mass is 10.1. The Morgan fingerprint density at radius 1 is 1.00 bits per heavy atom. The van der Waals surface area contributed by atoms with Crippen LogP contribution in [-0.2, 0) is 13.0 Å². The fourth-order valence-corrected chi connectivity index (χ4v) is 2.30. The van der Waals surface area contributed by atoms with Crippen LogP contribution in [0, 0.1) is 0 Å². The second-order valence-electron chi connectivity index (χ2n) is 4.93. The number of aliphatic hydroxyl groups is 1. The molecular weight excluding hydrogens is 262 g/mol. The molecule has 0 fully saturated rings. The van der Waals surface area contributed by atoms with Crippen molar-refractivity contribution in [2.75, 3.05) is 0 Å². The number of rotatable bonds is 4. The maximum atomic E-state index is 9.31. The van der Waals surface area contributed by atoms with E-state index in [-0.39, 0.29) is 6.61 Å². The number of aryl methyl sites for hydroxylation is 1. The second kappa shape index (κ2) is 5.94. The third-order valence-electron chi connectivity index (χ3n) is 3.40. The van der Waals surface area contributed by atoms with Crippen LogP contribution in [0.25, 0.3) is 10.8 Å². The van der Waals surface area contributed by atoms with E-state index in [0.29, 0.717) is 5.88 Å². The third kappa shape index (κ3) is 3.03. The van der Waals surface area contributed by atoms with E-state index in [0.717, 1.165) is 28.8 Å². The summed E-state index contributed by atoms with van der Waals surface area (Å²) in [6.45, 7) is 2.02. The molecule has 3 rings (SSSR count). The lowest BCUT2D eigenvalue weighted by Crippen LogP contribution is -1.96. The number of pyridine rings is 1. The predicted octanol–water partition coefficient (Wildman–Crippen LogP) is 4.08. The van der Waals surface area contributed by atoms with Crippen LogP contribution in [0.2, 0.25) is 0 Å². The molecule has 3 heteroatoms. The minimum atomic E-state index is -0.0103. The summed E-state index contributed by atoms with van der Waals surface area (Å²) in [4.78, 5) is 4.44. The Morgan fingerprint density at radius 2 is 1.81 bits per heavy atom. The molecule has 0 aliphatic rings. The van der Waals surface area contributed by atoms with E-state index >= 15 is 0 Å². The average molecular weight is 279 g/mol. The van der Waals surface area contributed by atoms with Gasteiger partial charge in [-0.2, -0.15) is 0 Å². The summed E-state index contributed by atoms with van der Waals surface area (Å²) in [7, 11) is 0. The van der Waals surface area contributed by atoms with Crippen LogP contribution in [0.3, 0.4) is 0 Å². The van der Waals surface area contributed by atoms with Gasteiger partial charge in [-0.15, -0.1) is 0 Å². The van der Waals surface area contributed by atoms with Gasteiger partial charge in [-0.1, -0.05) is 37.3 Å². The van der Waals surface area contributed by atoms with E-state index < -0.39 is 0 Å². The zero-order valence-electron chi connectivity index (χ0n) is 11.9. The molecular formula is C18H17NO2. The first-order valence-corrected chi connectivity index (χ1v) is 7.06.